The molecule has 0 saturated heterocycles. The molecule has 1 aliphatic heterocycles. The number of hydrazone groups is 1. The summed E-state index contributed by atoms with van der Waals surface area (Å²) in [5.41, 5.74) is 1.81. The Morgan fingerprint density at radius 3 is 2.62 bits per heavy atom. The van der Waals surface area contributed by atoms with E-state index in [9.17, 15) is 22.0 Å². The standard InChI is InChI=1S/C14H11F2N3O3S2/c1-19-11-5-6-23-13(11)10(7-24(19,21)22)17-18-14(20)12-8(15)3-2-4-9(12)16/h2-6H,7H2,1H3,(H,18,20)/b17-10+. The van der Waals surface area contributed by atoms with E-state index in [0.717, 1.165) is 22.5 Å². The van der Waals surface area contributed by atoms with Gasteiger partial charge >= 0.3 is 0 Å². The molecule has 0 fully saturated rings. The first-order valence-electron chi connectivity index (χ1n) is 6.66. The Bertz CT molecular complexity index is 934. The number of nitrogens with zero attached hydrogens (tertiary/aromatic N) is 2. The van der Waals surface area contributed by atoms with Gasteiger partial charge in [0.15, 0.2) is 0 Å². The summed E-state index contributed by atoms with van der Waals surface area (Å²) >= 11 is 1.26. The summed E-state index contributed by atoms with van der Waals surface area (Å²) in [6.07, 6.45) is 0. The van der Waals surface area contributed by atoms with E-state index in [1.807, 2.05) is 5.43 Å². The van der Waals surface area contributed by atoms with Gasteiger partial charge in [-0.05, 0) is 23.6 Å². The van der Waals surface area contributed by atoms with Crippen LogP contribution in [0.4, 0.5) is 14.5 Å². The van der Waals surface area contributed by atoms with Crippen molar-refractivity contribution in [2.45, 2.75) is 0 Å². The Hall–Kier alpha value is -2.33. The lowest BCUT2D eigenvalue weighted by molar-refractivity contribution is 0.0946. The molecule has 0 spiro atoms. The average Bonchev–Trinajstić information content (AvgIpc) is 2.99. The van der Waals surface area contributed by atoms with Crippen molar-refractivity contribution in [2.24, 2.45) is 5.10 Å². The third-order valence-electron chi connectivity index (χ3n) is 3.46. The predicted molar refractivity (Wildman–Crippen MR) is 86.9 cm³/mol. The Morgan fingerprint density at radius 1 is 1.29 bits per heavy atom. The fourth-order valence-electron chi connectivity index (χ4n) is 2.22. The lowest BCUT2D eigenvalue weighted by Crippen LogP contribution is -2.38. The number of fused-ring (bicyclic) bond motifs is 1. The summed E-state index contributed by atoms with van der Waals surface area (Å²) in [4.78, 5) is 12.5. The van der Waals surface area contributed by atoms with Crippen LogP contribution in [-0.2, 0) is 10.0 Å². The minimum Gasteiger partial charge on any atom is -0.271 e. The number of nitrogens with one attached hydrogen (secondary N) is 1. The lowest BCUT2D eigenvalue weighted by atomic mass is 10.2. The minimum absolute atomic E-state index is 0.114. The molecule has 24 heavy (non-hydrogen) atoms. The molecular weight excluding hydrogens is 360 g/mol. The highest BCUT2D eigenvalue weighted by Crippen LogP contribution is 2.32. The first-order chi connectivity index (χ1) is 11.3. The number of anilines is 1. The average molecular weight is 371 g/mol. The fourth-order valence-corrected chi connectivity index (χ4v) is 4.48. The SMILES string of the molecule is CN1c2ccsc2/C(=N/NC(=O)c2c(F)cccc2F)CS1(=O)=O. The molecular formula is C14H11F2N3O3S2. The van der Waals surface area contributed by atoms with Gasteiger partial charge in [-0.25, -0.2) is 22.6 Å². The molecule has 1 aromatic carbocycles. The Balaban J connectivity index is 1.93. The highest BCUT2D eigenvalue weighted by atomic mass is 32.2. The Kier molecular flexibility index (Phi) is 4.10. The largest absolute Gasteiger partial charge is 0.277 e. The van der Waals surface area contributed by atoms with E-state index < -0.39 is 38.9 Å². The van der Waals surface area contributed by atoms with Crippen LogP contribution in [-0.4, -0.2) is 32.8 Å². The van der Waals surface area contributed by atoms with E-state index in [0.29, 0.717) is 10.6 Å². The first kappa shape index (κ1) is 16.5. The number of hydrogen-bond acceptors (Lipinski definition) is 5. The van der Waals surface area contributed by atoms with E-state index in [1.165, 1.54) is 18.4 Å². The number of halogens is 2. The van der Waals surface area contributed by atoms with Crippen LogP contribution in [0.1, 0.15) is 15.2 Å². The summed E-state index contributed by atoms with van der Waals surface area (Å²) in [6.45, 7) is 0. The number of benzene rings is 1. The highest BCUT2D eigenvalue weighted by Gasteiger charge is 2.32. The molecule has 1 N–H and O–H groups in total. The molecule has 10 heteroatoms. The molecule has 0 unspecified atom stereocenters. The van der Waals surface area contributed by atoms with Crippen molar-refractivity contribution in [3.8, 4) is 0 Å². The Morgan fingerprint density at radius 2 is 1.96 bits per heavy atom. The number of amides is 1. The highest BCUT2D eigenvalue weighted by molar-refractivity contribution is 7.93. The van der Waals surface area contributed by atoms with Gasteiger partial charge in [-0.2, -0.15) is 5.10 Å². The van der Waals surface area contributed by atoms with Crippen molar-refractivity contribution in [2.75, 3.05) is 17.1 Å². The van der Waals surface area contributed by atoms with Gasteiger partial charge in [0, 0.05) is 7.05 Å². The van der Waals surface area contributed by atoms with Crippen molar-refractivity contribution in [3.63, 3.8) is 0 Å². The zero-order valence-corrected chi connectivity index (χ0v) is 13.9. The number of carbonyl (C=O) groups excluding carboxylic acids is 1. The normalized spacial score (nSPS) is 17.6. The minimum atomic E-state index is -3.61. The van der Waals surface area contributed by atoms with Crippen molar-refractivity contribution in [3.05, 3.63) is 51.7 Å². The van der Waals surface area contributed by atoms with E-state index in [2.05, 4.69) is 5.10 Å². The van der Waals surface area contributed by atoms with Crippen molar-refractivity contribution < 1.29 is 22.0 Å². The van der Waals surface area contributed by atoms with Crippen molar-refractivity contribution in [1.82, 2.24) is 5.43 Å². The molecule has 1 aromatic heterocycles. The van der Waals surface area contributed by atoms with Gasteiger partial charge in [0.25, 0.3) is 5.91 Å². The molecule has 2 heterocycles. The first-order valence-corrected chi connectivity index (χ1v) is 9.15. The number of rotatable bonds is 2. The lowest BCUT2D eigenvalue weighted by Gasteiger charge is -2.25. The van der Waals surface area contributed by atoms with E-state index >= 15 is 0 Å². The second-order valence-electron chi connectivity index (χ2n) is 4.95. The molecule has 0 radical (unpaired) electrons. The van der Waals surface area contributed by atoms with E-state index in [4.69, 9.17) is 0 Å². The van der Waals surface area contributed by atoms with Crippen LogP contribution < -0.4 is 9.73 Å². The molecule has 0 aliphatic carbocycles. The summed E-state index contributed by atoms with van der Waals surface area (Å²) in [6, 6.07) is 4.64. The molecule has 3 rings (SSSR count). The molecule has 0 bridgehead atoms. The third kappa shape index (κ3) is 2.78. The molecule has 0 saturated carbocycles. The van der Waals surface area contributed by atoms with Gasteiger partial charge in [-0.15, -0.1) is 11.3 Å². The van der Waals surface area contributed by atoms with Gasteiger partial charge in [0.1, 0.15) is 23.0 Å². The fraction of sp³-hybridized carbons (Fsp3) is 0.143. The predicted octanol–water partition coefficient (Wildman–Crippen LogP) is 1.94. The van der Waals surface area contributed by atoms with Gasteiger partial charge in [0.05, 0.1) is 16.3 Å². The van der Waals surface area contributed by atoms with Crippen LogP contribution in [0.5, 0.6) is 0 Å². The van der Waals surface area contributed by atoms with Crippen molar-refractivity contribution in [1.29, 1.82) is 0 Å². The van der Waals surface area contributed by atoms with Crippen LogP contribution in [0, 0.1) is 11.6 Å². The molecule has 0 atom stereocenters. The number of thiophene rings is 1. The van der Waals surface area contributed by atoms with Crippen molar-refractivity contribution >= 4 is 38.7 Å². The summed E-state index contributed by atoms with van der Waals surface area (Å²) in [5, 5.41) is 5.46. The molecule has 126 valence electrons. The molecule has 2 aromatic rings. The molecule has 1 amide bonds. The maximum Gasteiger partial charge on any atom is 0.277 e. The molecule has 1 aliphatic rings. The van der Waals surface area contributed by atoms with Crippen LogP contribution in [0.15, 0.2) is 34.7 Å². The van der Waals surface area contributed by atoms with Crippen LogP contribution in [0.25, 0.3) is 0 Å². The van der Waals surface area contributed by atoms with Crippen LogP contribution in [0.2, 0.25) is 0 Å². The van der Waals surface area contributed by atoms with E-state index in [1.54, 1.807) is 11.4 Å². The third-order valence-corrected chi connectivity index (χ3v) is 6.09. The number of hydrogen-bond donors (Lipinski definition) is 1. The van der Waals surface area contributed by atoms with Gasteiger partial charge < -0.3 is 0 Å². The number of sulfonamides is 1. The monoisotopic (exact) mass is 371 g/mol. The zero-order chi connectivity index (χ0) is 17.5. The van der Waals surface area contributed by atoms with Gasteiger partial charge in [-0.1, -0.05) is 6.07 Å². The van der Waals surface area contributed by atoms with Gasteiger partial charge in [0.2, 0.25) is 10.0 Å². The second kappa shape index (κ2) is 5.95. The summed E-state index contributed by atoms with van der Waals surface area (Å²) in [5.74, 6) is -3.56. The maximum atomic E-state index is 13.6. The number of carbonyl (C=O) groups is 1. The van der Waals surface area contributed by atoms with Crippen LogP contribution >= 0.6 is 11.3 Å². The molecule has 6 nitrogen and oxygen atoms in total. The summed E-state index contributed by atoms with van der Waals surface area (Å²) < 4.78 is 52.5. The van der Waals surface area contributed by atoms with Gasteiger partial charge in [-0.3, -0.25) is 9.10 Å². The summed E-state index contributed by atoms with van der Waals surface area (Å²) in [7, 11) is -2.19. The quantitative estimate of drug-likeness (QED) is 0.820. The zero-order valence-electron chi connectivity index (χ0n) is 12.3. The van der Waals surface area contributed by atoms with E-state index in [-0.39, 0.29) is 5.71 Å². The Labute approximate surface area is 140 Å². The maximum absolute atomic E-state index is 13.6. The second-order valence-corrected chi connectivity index (χ2v) is 7.87. The topological polar surface area (TPSA) is 78.8 Å². The smallest absolute Gasteiger partial charge is 0.271 e. The van der Waals surface area contributed by atoms with Crippen LogP contribution in [0.3, 0.4) is 0 Å².